The van der Waals surface area contributed by atoms with Crippen molar-refractivity contribution in [2.45, 2.75) is 45.1 Å². The van der Waals surface area contributed by atoms with E-state index in [9.17, 15) is 4.79 Å². The molecule has 3 nitrogen and oxygen atoms in total. The SMILES string of the molecule is CC(=O)N1CCCCC1CN1CCCC1.Cl. The van der Waals surface area contributed by atoms with Crippen molar-refractivity contribution in [2.75, 3.05) is 26.2 Å². The first-order valence-electron chi connectivity index (χ1n) is 6.27. The minimum absolute atomic E-state index is 0. The number of likely N-dealkylation sites (tertiary alicyclic amines) is 2. The van der Waals surface area contributed by atoms with E-state index >= 15 is 0 Å². The van der Waals surface area contributed by atoms with Gasteiger partial charge in [-0.2, -0.15) is 0 Å². The Morgan fingerprint density at radius 1 is 1.12 bits per heavy atom. The summed E-state index contributed by atoms with van der Waals surface area (Å²) in [5.41, 5.74) is 0. The molecule has 0 aliphatic carbocycles. The molecule has 2 saturated heterocycles. The number of carbonyl (C=O) groups excluding carboxylic acids is 1. The lowest BCUT2D eigenvalue weighted by Crippen LogP contribution is -2.48. The van der Waals surface area contributed by atoms with E-state index in [0.29, 0.717) is 6.04 Å². The van der Waals surface area contributed by atoms with Crippen molar-refractivity contribution in [3.05, 3.63) is 0 Å². The third-order valence-electron chi connectivity index (χ3n) is 3.70. The zero-order valence-electron chi connectivity index (χ0n) is 10.2. The number of amides is 1. The van der Waals surface area contributed by atoms with E-state index in [4.69, 9.17) is 0 Å². The fraction of sp³-hybridized carbons (Fsp3) is 0.917. The Morgan fingerprint density at radius 3 is 2.38 bits per heavy atom. The zero-order chi connectivity index (χ0) is 10.7. The molecular weight excluding hydrogens is 224 g/mol. The largest absolute Gasteiger partial charge is 0.339 e. The fourth-order valence-electron chi connectivity index (χ4n) is 2.87. The molecule has 2 fully saturated rings. The van der Waals surface area contributed by atoms with E-state index in [1.807, 2.05) is 0 Å². The Morgan fingerprint density at radius 2 is 1.75 bits per heavy atom. The monoisotopic (exact) mass is 246 g/mol. The molecule has 1 atom stereocenters. The topological polar surface area (TPSA) is 23.6 Å². The lowest BCUT2D eigenvalue weighted by Gasteiger charge is -2.37. The zero-order valence-corrected chi connectivity index (χ0v) is 11.0. The van der Waals surface area contributed by atoms with E-state index in [0.717, 1.165) is 13.1 Å². The Kier molecular flexibility index (Phi) is 5.56. The summed E-state index contributed by atoms with van der Waals surface area (Å²) < 4.78 is 0. The van der Waals surface area contributed by atoms with Gasteiger partial charge < -0.3 is 9.80 Å². The van der Waals surface area contributed by atoms with Crippen molar-refractivity contribution in [1.82, 2.24) is 9.80 Å². The van der Waals surface area contributed by atoms with Crippen LogP contribution in [0.25, 0.3) is 0 Å². The first-order chi connectivity index (χ1) is 7.27. The molecule has 2 heterocycles. The van der Waals surface area contributed by atoms with Crippen LogP contribution >= 0.6 is 12.4 Å². The number of rotatable bonds is 2. The standard InChI is InChI=1S/C12H22N2O.ClH/c1-11(15)14-9-3-2-6-12(14)10-13-7-4-5-8-13;/h12H,2-10H2,1H3;1H. The van der Waals surface area contributed by atoms with Crippen LogP contribution in [-0.4, -0.2) is 47.9 Å². The van der Waals surface area contributed by atoms with Crippen LogP contribution in [0.1, 0.15) is 39.0 Å². The van der Waals surface area contributed by atoms with E-state index in [2.05, 4.69) is 9.80 Å². The highest BCUT2D eigenvalue weighted by molar-refractivity contribution is 5.85. The molecule has 0 aromatic rings. The molecule has 0 aromatic heterocycles. The Balaban J connectivity index is 0.00000128. The highest BCUT2D eigenvalue weighted by atomic mass is 35.5. The summed E-state index contributed by atoms with van der Waals surface area (Å²) in [5.74, 6) is 0.263. The summed E-state index contributed by atoms with van der Waals surface area (Å²) in [6.07, 6.45) is 6.37. The molecule has 0 saturated carbocycles. The Bertz CT molecular complexity index is 229. The van der Waals surface area contributed by atoms with Gasteiger partial charge in [-0.1, -0.05) is 0 Å². The Labute approximate surface area is 105 Å². The first kappa shape index (κ1) is 13.8. The molecule has 94 valence electrons. The molecule has 2 aliphatic rings. The van der Waals surface area contributed by atoms with Gasteiger partial charge in [0, 0.05) is 26.1 Å². The molecule has 0 spiro atoms. The summed E-state index contributed by atoms with van der Waals surface area (Å²) in [6, 6.07) is 0.495. The average Bonchev–Trinajstić information content (AvgIpc) is 2.71. The molecule has 1 amide bonds. The van der Waals surface area contributed by atoms with Crippen LogP contribution in [0.3, 0.4) is 0 Å². The molecule has 2 rings (SSSR count). The fourth-order valence-corrected chi connectivity index (χ4v) is 2.87. The van der Waals surface area contributed by atoms with E-state index in [-0.39, 0.29) is 18.3 Å². The third-order valence-corrected chi connectivity index (χ3v) is 3.70. The third kappa shape index (κ3) is 3.36. The Hall–Kier alpha value is -0.280. The normalized spacial score (nSPS) is 26.6. The summed E-state index contributed by atoms with van der Waals surface area (Å²) in [5, 5.41) is 0. The van der Waals surface area contributed by atoms with Gasteiger partial charge in [0.05, 0.1) is 0 Å². The molecule has 4 heteroatoms. The smallest absolute Gasteiger partial charge is 0.219 e. The second-order valence-electron chi connectivity index (χ2n) is 4.87. The molecule has 0 radical (unpaired) electrons. The van der Waals surface area contributed by atoms with Gasteiger partial charge >= 0.3 is 0 Å². The number of piperidine rings is 1. The lowest BCUT2D eigenvalue weighted by atomic mass is 10.0. The summed E-state index contributed by atoms with van der Waals surface area (Å²) in [4.78, 5) is 16.1. The minimum atomic E-state index is 0. The van der Waals surface area contributed by atoms with Crippen LogP contribution in [0.4, 0.5) is 0 Å². The summed E-state index contributed by atoms with van der Waals surface area (Å²) in [7, 11) is 0. The maximum atomic E-state index is 11.5. The molecule has 2 aliphatic heterocycles. The molecule has 0 aromatic carbocycles. The van der Waals surface area contributed by atoms with Gasteiger partial charge in [0.15, 0.2) is 0 Å². The second-order valence-corrected chi connectivity index (χ2v) is 4.87. The van der Waals surface area contributed by atoms with Crippen molar-refractivity contribution < 1.29 is 4.79 Å². The van der Waals surface area contributed by atoms with Crippen LogP contribution in [0, 0.1) is 0 Å². The van der Waals surface area contributed by atoms with E-state index in [1.165, 1.54) is 45.2 Å². The number of hydrogen-bond acceptors (Lipinski definition) is 2. The van der Waals surface area contributed by atoms with Crippen molar-refractivity contribution in [3.8, 4) is 0 Å². The number of hydrogen-bond donors (Lipinski definition) is 0. The van der Waals surface area contributed by atoms with Gasteiger partial charge in [-0.05, 0) is 45.2 Å². The molecule has 0 bridgehead atoms. The van der Waals surface area contributed by atoms with Crippen molar-refractivity contribution >= 4 is 18.3 Å². The quantitative estimate of drug-likeness (QED) is 0.743. The van der Waals surface area contributed by atoms with Crippen LogP contribution < -0.4 is 0 Å². The maximum Gasteiger partial charge on any atom is 0.219 e. The number of nitrogens with zero attached hydrogens (tertiary/aromatic N) is 2. The molecule has 0 N–H and O–H groups in total. The minimum Gasteiger partial charge on any atom is -0.339 e. The predicted molar refractivity (Wildman–Crippen MR) is 67.9 cm³/mol. The lowest BCUT2D eigenvalue weighted by molar-refractivity contribution is -0.132. The van der Waals surface area contributed by atoms with Crippen molar-refractivity contribution in [1.29, 1.82) is 0 Å². The van der Waals surface area contributed by atoms with Gasteiger partial charge in [0.2, 0.25) is 5.91 Å². The summed E-state index contributed by atoms with van der Waals surface area (Å²) >= 11 is 0. The number of halogens is 1. The van der Waals surface area contributed by atoms with Gasteiger partial charge in [-0.25, -0.2) is 0 Å². The highest BCUT2D eigenvalue weighted by Gasteiger charge is 2.26. The van der Waals surface area contributed by atoms with Crippen LogP contribution in [0.5, 0.6) is 0 Å². The molecule has 1 unspecified atom stereocenters. The summed E-state index contributed by atoms with van der Waals surface area (Å²) in [6.45, 7) is 6.28. The van der Waals surface area contributed by atoms with Crippen LogP contribution in [0.2, 0.25) is 0 Å². The van der Waals surface area contributed by atoms with Gasteiger partial charge in [-0.3, -0.25) is 4.79 Å². The van der Waals surface area contributed by atoms with Gasteiger partial charge in [0.1, 0.15) is 0 Å². The van der Waals surface area contributed by atoms with Crippen LogP contribution in [0.15, 0.2) is 0 Å². The first-order valence-corrected chi connectivity index (χ1v) is 6.27. The predicted octanol–water partition coefficient (Wildman–Crippen LogP) is 1.90. The van der Waals surface area contributed by atoms with E-state index in [1.54, 1.807) is 6.92 Å². The molecule has 16 heavy (non-hydrogen) atoms. The number of carbonyl (C=O) groups is 1. The van der Waals surface area contributed by atoms with E-state index < -0.39 is 0 Å². The maximum absolute atomic E-state index is 11.5. The van der Waals surface area contributed by atoms with Crippen molar-refractivity contribution in [2.24, 2.45) is 0 Å². The molecular formula is C12H23ClN2O. The van der Waals surface area contributed by atoms with Gasteiger partial charge in [0.25, 0.3) is 0 Å². The average molecular weight is 247 g/mol. The highest BCUT2D eigenvalue weighted by Crippen LogP contribution is 2.19. The second kappa shape index (κ2) is 6.45. The van der Waals surface area contributed by atoms with Crippen molar-refractivity contribution in [3.63, 3.8) is 0 Å². The van der Waals surface area contributed by atoms with Gasteiger partial charge in [-0.15, -0.1) is 12.4 Å². The van der Waals surface area contributed by atoms with Crippen LogP contribution in [-0.2, 0) is 4.79 Å².